The third-order valence-electron chi connectivity index (χ3n) is 1.95. The molecule has 15 heavy (non-hydrogen) atoms. The van der Waals surface area contributed by atoms with Crippen LogP contribution in [0.2, 0.25) is 19.6 Å². The van der Waals surface area contributed by atoms with Crippen molar-refractivity contribution < 1.29 is 0 Å². The molecule has 0 N–H and O–H groups in total. The molecule has 0 saturated heterocycles. The molecule has 0 aromatic heterocycles. The summed E-state index contributed by atoms with van der Waals surface area (Å²) < 4.78 is 2.41. The molecule has 0 fully saturated rings. The monoisotopic (exact) mass is 414 g/mol. The Morgan fingerprint density at radius 3 is 2.07 bits per heavy atom. The summed E-state index contributed by atoms with van der Waals surface area (Å²) in [5.41, 5.74) is 1.10. The summed E-state index contributed by atoms with van der Waals surface area (Å²) in [6.07, 6.45) is 0. The SMILES string of the molecule is C[Si](C)(C)/C(I)=C(/Cl)c1ccc(Br)cc1. The molecule has 4 heteroatoms. The Kier molecular flexibility index (Phi) is 4.89. The average molecular weight is 416 g/mol. The van der Waals surface area contributed by atoms with Crippen molar-refractivity contribution in [3.8, 4) is 0 Å². The smallest absolute Gasteiger partial charge is 0.0833 e. The van der Waals surface area contributed by atoms with Gasteiger partial charge in [-0.15, -0.1) is 0 Å². The second-order valence-corrected chi connectivity index (χ2v) is 12.8. The molecule has 0 amide bonds. The van der Waals surface area contributed by atoms with E-state index in [9.17, 15) is 0 Å². The highest BCUT2D eigenvalue weighted by Crippen LogP contribution is 2.33. The second-order valence-electron chi connectivity index (χ2n) is 4.38. The molecule has 0 saturated carbocycles. The van der Waals surface area contributed by atoms with E-state index in [0.717, 1.165) is 15.1 Å². The summed E-state index contributed by atoms with van der Waals surface area (Å²) in [6, 6.07) is 8.13. The summed E-state index contributed by atoms with van der Waals surface area (Å²) in [7, 11) is -1.30. The van der Waals surface area contributed by atoms with Crippen molar-refractivity contribution in [3.63, 3.8) is 0 Å². The van der Waals surface area contributed by atoms with E-state index in [1.165, 1.54) is 3.20 Å². The van der Waals surface area contributed by atoms with Crippen molar-refractivity contribution in [3.05, 3.63) is 37.5 Å². The normalized spacial score (nSPS) is 13.7. The van der Waals surface area contributed by atoms with Crippen LogP contribution in [-0.4, -0.2) is 8.07 Å². The van der Waals surface area contributed by atoms with Gasteiger partial charge in [0.1, 0.15) is 0 Å². The molecule has 0 aliphatic rings. The molecular formula is C11H13BrClISi. The molecule has 0 nitrogen and oxygen atoms in total. The quantitative estimate of drug-likeness (QED) is 0.431. The van der Waals surface area contributed by atoms with Gasteiger partial charge in [-0.3, -0.25) is 0 Å². The molecular weight excluding hydrogens is 402 g/mol. The summed E-state index contributed by atoms with van der Waals surface area (Å²) in [6.45, 7) is 6.90. The number of hydrogen-bond acceptors (Lipinski definition) is 0. The maximum Gasteiger partial charge on any atom is 0.0874 e. The zero-order valence-corrected chi connectivity index (χ0v) is 14.4. The fraction of sp³-hybridized carbons (Fsp3) is 0.273. The van der Waals surface area contributed by atoms with E-state index in [1.807, 2.05) is 24.3 Å². The zero-order valence-electron chi connectivity index (χ0n) is 8.94. The van der Waals surface area contributed by atoms with Crippen molar-refractivity contribution in [2.24, 2.45) is 0 Å². The van der Waals surface area contributed by atoms with Gasteiger partial charge in [-0.05, 0) is 20.9 Å². The molecule has 0 radical (unpaired) electrons. The Balaban J connectivity index is 3.14. The van der Waals surface area contributed by atoms with Crippen molar-refractivity contribution >= 4 is 63.2 Å². The van der Waals surface area contributed by atoms with E-state index >= 15 is 0 Å². The molecule has 1 aromatic rings. The standard InChI is InChI=1S/C11H13BrClISi/c1-15(2,3)11(14)10(13)8-4-6-9(12)7-5-8/h4-7H,1-3H3/b11-10+. The van der Waals surface area contributed by atoms with Crippen LogP contribution in [0, 0.1) is 0 Å². The van der Waals surface area contributed by atoms with Crippen LogP contribution in [0.15, 0.2) is 31.9 Å². The predicted octanol–water partition coefficient (Wildman–Crippen LogP) is 5.67. The second kappa shape index (κ2) is 5.34. The third-order valence-corrected chi connectivity index (χ3v) is 10.3. The van der Waals surface area contributed by atoms with Gasteiger partial charge in [0.2, 0.25) is 0 Å². The number of benzene rings is 1. The molecule has 1 rings (SSSR count). The minimum Gasteiger partial charge on any atom is -0.0833 e. The van der Waals surface area contributed by atoms with Crippen LogP contribution in [-0.2, 0) is 0 Å². The molecule has 82 valence electrons. The van der Waals surface area contributed by atoms with Crippen LogP contribution < -0.4 is 0 Å². The summed E-state index contributed by atoms with van der Waals surface area (Å²) in [5, 5.41) is 0.905. The first kappa shape index (κ1) is 13.7. The fourth-order valence-corrected chi connectivity index (χ4v) is 3.41. The van der Waals surface area contributed by atoms with Crippen LogP contribution in [0.25, 0.3) is 5.03 Å². The highest BCUT2D eigenvalue weighted by Gasteiger charge is 2.21. The Labute approximate surface area is 119 Å². The molecule has 0 spiro atoms. The first-order valence-corrected chi connectivity index (χ1v) is 10.4. The maximum absolute atomic E-state index is 6.39. The Hall–Kier alpha value is 0.677. The van der Waals surface area contributed by atoms with Crippen LogP contribution in [0.1, 0.15) is 5.56 Å². The van der Waals surface area contributed by atoms with E-state index in [1.54, 1.807) is 0 Å². The highest BCUT2D eigenvalue weighted by molar-refractivity contribution is 14.1. The summed E-state index contributed by atoms with van der Waals surface area (Å²) in [4.78, 5) is 0. The lowest BCUT2D eigenvalue weighted by Crippen LogP contribution is -2.20. The third kappa shape index (κ3) is 3.87. The van der Waals surface area contributed by atoms with Gasteiger partial charge in [-0.2, -0.15) is 0 Å². The largest absolute Gasteiger partial charge is 0.0874 e. The van der Waals surface area contributed by atoms with E-state index in [0.29, 0.717) is 0 Å². The van der Waals surface area contributed by atoms with Gasteiger partial charge >= 0.3 is 0 Å². The van der Waals surface area contributed by atoms with Crippen molar-refractivity contribution in [1.82, 2.24) is 0 Å². The lowest BCUT2D eigenvalue weighted by molar-refractivity contribution is 1.60. The lowest BCUT2D eigenvalue weighted by Gasteiger charge is -2.17. The van der Waals surface area contributed by atoms with Gasteiger partial charge in [0.25, 0.3) is 0 Å². The van der Waals surface area contributed by atoms with Gasteiger partial charge in [-0.25, -0.2) is 0 Å². The van der Waals surface area contributed by atoms with Crippen LogP contribution >= 0.6 is 50.1 Å². The lowest BCUT2D eigenvalue weighted by atomic mass is 10.2. The number of halogens is 3. The molecule has 0 aliphatic carbocycles. The number of hydrogen-bond donors (Lipinski definition) is 0. The zero-order chi connectivity index (χ0) is 11.6. The molecule has 0 heterocycles. The minimum absolute atomic E-state index is 0.905. The van der Waals surface area contributed by atoms with Crippen molar-refractivity contribution in [2.75, 3.05) is 0 Å². The summed E-state index contributed by atoms with van der Waals surface area (Å²) >= 11 is 12.2. The van der Waals surface area contributed by atoms with Crippen molar-refractivity contribution in [1.29, 1.82) is 0 Å². The van der Waals surface area contributed by atoms with Crippen LogP contribution in [0.4, 0.5) is 0 Å². The van der Waals surface area contributed by atoms with Gasteiger partial charge < -0.3 is 0 Å². The average Bonchev–Trinajstić information content (AvgIpc) is 2.15. The van der Waals surface area contributed by atoms with E-state index < -0.39 is 8.07 Å². The number of rotatable bonds is 2. The molecule has 0 bridgehead atoms. The molecule has 1 aromatic carbocycles. The fourth-order valence-electron chi connectivity index (χ4n) is 1.05. The Morgan fingerprint density at radius 2 is 1.67 bits per heavy atom. The topological polar surface area (TPSA) is 0 Å². The van der Waals surface area contributed by atoms with E-state index in [-0.39, 0.29) is 0 Å². The van der Waals surface area contributed by atoms with E-state index in [4.69, 9.17) is 11.6 Å². The Bertz CT molecular complexity index is 379. The van der Waals surface area contributed by atoms with Crippen LogP contribution in [0.5, 0.6) is 0 Å². The van der Waals surface area contributed by atoms with Gasteiger partial charge in [0.05, 0.1) is 13.1 Å². The molecule has 0 unspecified atom stereocenters. The van der Waals surface area contributed by atoms with Crippen LogP contribution in [0.3, 0.4) is 0 Å². The van der Waals surface area contributed by atoms with Gasteiger partial charge in [0.15, 0.2) is 0 Å². The first-order chi connectivity index (χ1) is 6.82. The highest BCUT2D eigenvalue weighted by atomic mass is 127. The minimum atomic E-state index is -1.30. The Morgan fingerprint density at radius 1 is 1.20 bits per heavy atom. The maximum atomic E-state index is 6.39. The van der Waals surface area contributed by atoms with E-state index in [2.05, 4.69) is 58.2 Å². The first-order valence-electron chi connectivity index (χ1n) is 4.64. The van der Waals surface area contributed by atoms with Crippen molar-refractivity contribution in [2.45, 2.75) is 19.6 Å². The van der Waals surface area contributed by atoms with Gasteiger partial charge in [0, 0.05) is 4.47 Å². The molecule has 0 aliphatic heterocycles. The predicted molar refractivity (Wildman–Crippen MR) is 84.3 cm³/mol. The molecule has 0 atom stereocenters. The summed E-state index contributed by atoms with van der Waals surface area (Å²) in [5.74, 6) is 0. The van der Waals surface area contributed by atoms with Gasteiger partial charge in [-0.1, -0.05) is 81.9 Å².